The van der Waals surface area contributed by atoms with Crippen LogP contribution in [0.25, 0.3) is 0 Å². The fourth-order valence-corrected chi connectivity index (χ4v) is 1.27. The monoisotopic (exact) mass is 173 g/mol. The second-order valence-corrected chi connectivity index (χ2v) is 2.81. The predicted octanol–water partition coefficient (Wildman–Crippen LogP) is 0.300. The van der Waals surface area contributed by atoms with Gasteiger partial charge in [0.05, 0.1) is 24.8 Å². The molecular weight excluding hydrogens is 165 g/mol. The van der Waals surface area contributed by atoms with Gasteiger partial charge in [-0.25, -0.2) is 0 Å². The summed E-state index contributed by atoms with van der Waals surface area (Å²) in [6, 6.07) is 9.30. The van der Waals surface area contributed by atoms with Crippen molar-refractivity contribution in [2.24, 2.45) is 0 Å². The molecule has 4 heteroatoms. The van der Waals surface area contributed by atoms with Crippen molar-refractivity contribution in [3.63, 3.8) is 0 Å². The van der Waals surface area contributed by atoms with Crippen molar-refractivity contribution in [1.82, 2.24) is 0 Å². The maximum Gasteiger partial charge on any atom is 0.494 e. The lowest BCUT2D eigenvalue weighted by Crippen LogP contribution is -2.31. The first-order valence-corrected chi connectivity index (χ1v) is 4.13. The number of benzene rings is 1. The molecule has 64 valence electrons. The molecule has 0 saturated carbocycles. The molecule has 2 rings (SSSR count). The average molecular weight is 173 g/mol. The maximum atomic E-state index is 8.58. The first-order chi connectivity index (χ1) is 6.40. The summed E-state index contributed by atoms with van der Waals surface area (Å²) in [5.74, 6) is 0. The van der Waals surface area contributed by atoms with E-state index < -0.39 is 0 Å². The standard InChI is InChI=1S/C9H8BNO2/c11-7-8-1-3-9(4-2-8)10-12-5-6-13-10/h1-4H,5-6H2. The molecule has 0 aromatic heterocycles. The lowest BCUT2D eigenvalue weighted by molar-refractivity contribution is 0.365. The fourth-order valence-electron chi connectivity index (χ4n) is 1.27. The van der Waals surface area contributed by atoms with Crippen LogP contribution in [0.3, 0.4) is 0 Å². The van der Waals surface area contributed by atoms with Gasteiger partial charge in [0.15, 0.2) is 0 Å². The summed E-state index contributed by atoms with van der Waals surface area (Å²) in [6.07, 6.45) is 0. The molecule has 0 bridgehead atoms. The highest BCUT2D eigenvalue weighted by Crippen LogP contribution is 2.01. The Balaban J connectivity index is 2.18. The van der Waals surface area contributed by atoms with E-state index in [0.29, 0.717) is 18.8 Å². The molecule has 1 aliphatic heterocycles. The molecule has 3 nitrogen and oxygen atoms in total. The Hall–Kier alpha value is -1.31. The van der Waals surface area contributed by atoms with Gasteiger partial charge in [-0.2, -0.15) is 5.26 Å². The minimum absolute atomic E-state index is 0.243. The Morgan fingerprint density at radius 1 is 1.15 bits per heavy atom. The Labute approximate surface area is 77.0 Å². The molecule has 0 aliphatic carbocycles. The molecule has 1 aliphatic rings. The van der Waals surface area contributed by atoms with Crippen LogP contribution in [0.1, 0.15) is 5.56 Å². The summed E-state index contributed by atoms with van der Waals surface area (Å²) < 4.78 is 10.6. The minimum Gasteiger partial charge on any atom is -0.405 e. The normalized spacial score (nSPS) is 15.8. The highest BCUT2D eigenvalue weighted by molar-refractivity contribution is 6.61. The number of hydrogen-bond acceptors (Lipinski definition) is 3. The lowest BCUT2D eigenvalue weighted by Gasteiger charge is -2.02. The number of hydrogen-bond donors (Lipinski definition) is 0. The quantitative estimate of drug-likeness (QED) is 0.573. The summed E-state index contributed by atoms with van der Waals surface area (Å²) in [7, 11) is -0.243. The van der Waals surface area contributed by atoms with Crippen LogP contribution in [-0.2, 0) is 9.31 Å². The van der Waals surface area contributed by atoms with Crippen LogP contribution in [0, 0.1) is 11.3 Å². The minimum atomic E-state index is -0.243. The third kappa shape index (κ3) is 1.72. The zero-order valence-electron chi connectivity index (χ0n) is 7.06. The Bertz CT molecular complexity index is 324. The summed E-state index contributed by atoms with van der Waals surface area (Å²) in [6.45, 7) is 1.29. The van der Waals surface area contributed by atoms with E-state index >= 15 is 0 Å². The summed E-state index contributed by atoms with van der Waals surface area (Å²) in [4.78, 5) is 0. The molecule has 0 amide bonds. The second kappa shape index (κ2) is 3.61. The smallest absolute Gasteiger partial charge is 0.405 e. The first kappa shape index (κ1) is 8.30. The fraction of sp³-hybridized carbons (Fsp3) is 0.222. The van der Waals surface area contributed by atoms with Gasteiger partial charge in [-0.05, 0) is 17.6 Å². The van der Waals surface area contributed by atoms with Gasteiger partial charge in [0.2, 0.25) is 0 Å². The summed E-state index contributed by atoms with van der Waals surface area (Å²) >= 11 is 0. The van der Waals surface area contributed by atoms with Crippen LogP contribution in [0.2, 0.25) is 0 Å². The van der Waals surface area contributed by atoms with Gasteiger partial charge in [-0.15, -0.1) is 0 Å². The molecule has 1 aromatic rings. The third-order valence-electron chi connectivity index (χ3n) is 1.93. The van der Waals surface area contributed by atoms with E-state index in [1.807, 2.05) is 12.1 Å². The van der Waals surface area contributed by atoms with E-state index in [0.717, 1.165) is 5.46 Å². The molecule has 1 fully saturated rings. The van der Waals surface area contributed by atoms with Gasteiger partial charge in [0.1, 0.15) is 0 Å². The van der Waals surface area contributed by atoms with E-state index in [1.54, 1.807) is 12.1 Å². The van der Waals surface area contributed by atoms with E-state index in [-0.39, 0.29) is 7.12 Å². The molecule has 1 aromatic carbocycles. The molecule has 0 spiro atoms. The van der Waals surface area contributed by atoms with Gasteiger partial charge >= 0.3 is 7.12 Å². The van der Waals surface area contributed by atoms with E-state index in [2.05, 4.69) is 6.07 Å². The van der Waals surface area contributed by atoms with E-state index in [4.69, 9.17) is 14.6 Å². The number of rotatable bonds is 1. The van der Waals surface area contributed by atoms with Crippen molar-refractivity contribution in [3.8, 4) is 6.07 Å². The van der Waals surface area contributed by atoms with Crippen molar-refractivity contribution in [1.29, 1.82) is 5.26 Å². The van der Waals surface area contributed by atoms with Crippen molar-refractivity contribution in [2.45, 2.75) is 0 Å². The van der Waals surface area contributed by atoms with Crippen molar-refractivity contribution in [2.75, 3.05) is 13.2 Å². The Morgan fingerprint density at radius 2 is 1.77 bits per heavy atom. The first-order valence-electron chi connectivity index (χ1n) is 4.13. The van der Waals surface area contributed by atoms with Crippen molar-refractivity contribution >= 4 is 12.6 Å². The van der Waals surface area contributed by atoms with Gasteiger partial charge in [-0.3, -0.25) is 0 Å². The van der Waals surface area contributed by atoms with Gasteiger partial charge < -0.3 is 9.31 Å². The number of nitriles is 1. The molecule has 0 N–H and O–H groups in total. The zero-order valence-corrected chi connectivity index (χ0v) is 7.06. The van der Waals surface area contributed by atoms with Gasteiger partial charge in [0, 0.05) is 0 Å². The second-order valence-electron chi connectivity index (χ2n) is 2.81. The topological polar surface area (TPSA) is 42.2 Å². The van der Waals surface area contributed by atoms with Gasteiger partial charge in [-0.1, -0.05) is 12.1 Å². The third-order valence-corrected chi connectivity index (χ3v) is 1.93. The molecular formula is C9H8BNO2. The highest BCUT2D eigenvalue weighted by atomic mass is 16.6. The van der Waals surface area contributed by atoms with Crippen LogP contribution >= 0.6 is 0 Å². The maximum absolute atomic E-state index is 8.58. The number of nitrogens with zero attached hydrogens (tertiary/aromatic N) is 1. The predicted molar refractivity (Wildman–Crippen MR) is 48.4 cm³/mol. The van der Waals surface area contributed by atoms with Crippen LogP contribution in [0.4, 0.5) is 0 Å². The van der Waals surface area contributed by atoms with Crippen LogP contribution in [0.15, 0.2) is 24.3 Å². The van der Waals surface area contributed by atoms with Crippen LogP contribution in [0.5, 0.6) is 0 Å². The average Bonchev–Trinajstić information content (AvgIpc) is 2.71. The lowest BCUT2D eigenvalue weighted by atomic mass is 9.79. The van der Waals surface area contributed by atoms with Crippen LogP contribution < -0.4 is 5.46 Å². The SMILES string of the molecule is N#Cc1ccc(B2OCCO2)cc1. The largest absolute Gasteiger partial charge is 0.494 e. The van der Waals surface area contributed by atoms with Gasteiger partial charge in [0.25, 0.3) is 0 Å². The Morgan fingerprint density at radius 3 is 2.31 bits per heavy atom. The molecule has 0 unspecified atom stereocenters. The Kier molecular flexibility index (Phi) is 2.30. The van der Waals surface area contributed by atoms with E-state index in [9.17, 15) is 0 Å². The van der Waals surface area contributed by atoms with E-state index in [1.165, 1.54) is 0 Å². The molecule has 13 heavy (non-hydrogen) atoms. The van der Waals surface area contributed by atoms with Crippen LogP contribution in [-0.4, -0.2) is 20.3 Å². The summed E-state index contributed by atoms with van der Waals surface area (Å²) in [5.41, 5.74) is 1.62. The molecule has 1 saturated heterocycles. The molecule has 1 heterocycles. The van der Waals surface area contributed by atoms with Crippen molar-refractivity contribution < 1.29 is 9.31 Å². The van der Waals surface area contributed by atoms with Crippen molar-refractivity contribution in [3.05, 3.63) is 29.8 Å². The summed E-state index contributed by atoms with van der Waals surface area (Å²) in [5, 5.41) is 8.58. The highest BCUT2D eigenvalue weighted by Gasteiger charge is 2.25. The molecule has 0 atom stereocenters. The molecule has 0 radical (unpaired) electrons. The zero-order chi connectivity index (χ0) is 9.10.